The van der Waals surface area contributed by atoms with Crippen LogP contribution in [0.5, 0.6) is 5.75 Å². The zero-order valence-electron chi connectivity index (χ0n) is 16.5. The normalized spacial score (nSPS) is 14.0. The number of ether oxygens (including phenoxy) is 1. The average molecular weight is 410 g/mol. The number of para-hydroxylation sites is 1. The first-order valence-corrected chi connectivity index (χ1v) is 9.69. The number of rotatable bonds is 6. The summed E-state index contributed by atoms with van der Waals surface area (Å²) in [5, 5.41) is 11.3. The van der Waals surface area contributed by atoms with Gasteiger partial charge in [-0.2, -0.15) is 0 Å². The van der Waals surface area contributed by atoms with Gasteiger partial charge in [0.2, 0.25) is 17.1 Å². The van der Waals surface area contributed by atoms with Gasteiger partial charge in [0.1, 0.15) is 12.4 Å². The molecule has 3 N–H and O–H groups in total. The molecule has 8 nitrogen and oxygen atoms in total. The van der Waals surface area contributed by atoms with Crippen LogP contribution >= 0.6 is 0 Å². The van der Waals surface area contributed by atoms with E-state index in [9.17, 15) is 19.5 Å². The molecule has 0 radical (unpaired) electrons. The maximum absolute atomic E-state index is 13.4. The number of amides is 1. The molecule has 0 unspecified atom stereocenters. The lowest BCUT2D eigenvalue weighted by Gasteiger charge is -2.23. The van der Waals surface area contributed by atoms with Crippen molar-refractivity contribution in [3.63, 3.8) is 0 Å². The van der Waals surface area contributed by atoms with E-state index in [0.29, 0.717) is 6.54 Å². The first-order valence-electron chi connectivity index (χ1n) is 9.69. The Balaban J connectivity index is 1.99. The molecule has 0 bridgehead atoms. The smallest absolute Gasteiger partial charge is 0.255 e. The van der Waals surface area contributed by atoms with E-state index in [1.165, 1.54) is 7.11 Å². The number of pyridine rings is 1. The van der Waals surface area contributed by atoms with E-state index < -0.39 is 23.0 Å². The quantitative estimate of drug-likeness (QED) is 0.638. The number of carbonyl (C=O) groups is 1. The molecular weight excluding hydrogens is 388 g/mol. The van der Waals surface area contributed by atoms with Crippen LogP contribution in [0.1, 0.15) is 41.4 Å². The molecule has 1 aliphatic heterocycles. The van der Waals surface area contributed by atoms with E-state index in [4.69, 9.17) is 14.9 Å². The van der Waals surface area contributed by atoms with Gasteiger partial charge >= 0.3 is 0 Å². The highest BCUT2D eigenvalue weighted by atomic mass is 16.5. The number of nitrogens with zero attached hydrogens (tertiary/aromatic N) is 1. The Morgan fingerprint density at radius 1 is 1.33 bits per heavy atom. The van der Waals surface area contributed by atoms with E-state index in [-0.39, 0.29) is 35.7 Å². The van der Waals surface area contributed by atoms with Crippen LogP contribution in [0.25, 0.3) is 10.9 Å². The largest absolute Gasteiger partial charge is 0.502 e. The topological polar surface area (TPSA) is 125 Å². The van der Waals surface area contributed by atoms with E-state index in [0.717, 1.165) is 35.4 Å². The highest BCUT2D eigenvalue weighted by molar-refractivity contribution is 5.84. The van der Waals surface area contributed by atoms with Gasteiger partial charge in [-0.1, -0.05) is 18.2 Å². The number of nitrogens with two attached hydrogens (primary N) is 1. The SMILES string of the molecule is COCc1cc(=O)c(O)c([C@H](CC(N)=O)c2cc3cccc4c3n(c2=O)CCC4)o1. The predicted octanol–water partition coefficient (Wildman–Crippen LogP) is 1.76. The lowest BCUT2D eigenvalue weighted by Crippen LogP contribution is -2.30. The highest BCUT2D eigenvalue weighted by Crippen LogP contribution is 2.34. The van der Waals surface area contributed by atoms with Gasteiger partial charge in [0, 0.05) is 31.7 Å². The maximum Gasteiger partial charge on any atom is 0.255 e. The zero-order chi connectivity index (χ0) is 21.4. The molecule has 3 heterocycles. The van der Waals surface area contributed by atoms with Gasteiger partial charge in [-0.3, -0.25) is 14.4 Å². The standard InChI is InChI=1S/C22H22N2O6/c1-29-11-14-9-17(25)20(27)21(30-14)15(10-18(23)26)16-8-13-5-2-4-12-6-3-7-24(19(12)13)22(16)28/h2,4-5,8-9,15,27H,3,6-7,10-11H2,1H3,(H2,23,26)/t15-/m1/s1. The van der Waals surface area contributed by atoms with Gasteiger partial charge in [-0.15, -0.1) is 0 Å². The minimum absolute atomic E-state index is 0.00285. The second-order valence-electron chi connectivity index (χ2n) is 7.46. The zero-order valence-corrected chi connectivity index (χ0v) is 16.5. The fourth-order valence-electron chi connectivity index (χ4n) is 4.19. The number of hydrogen-bond donors (Lipinski definition) is 2. The molecule has 1 amide bonds. The van der Waals surface area contributed by atoms with Gasteiger partial charge in [0.15, 0.2) is 5.76 Å². The summed E-state index contributed by atoms with van der Waals surface area (Å²) in [5.74, 6) is -2.32. The molecule has 0 spiro atoms. The molecule has 156 valence electrons. The van der Waals surface area contributed by atoms with E-state index in [1.54, 1.807) is 10.6 Å². The monoisotopic (exact) mass is 410 g/mol. The van der Waals surface area contributed by atoms with Crippen LogP contribution in [-0.2, 0) is 29.1 Å². The third kappa shape index (κ3) is 3.39. The molecule has 0 saturated heterocycles. The molecule has 0 aliphatic carbocycles. The summed E-state index contributed by atoms with van der Waals surface area (Å²) in [6.07, 6.45) is 1.41. The molecule has 8 heteroatoms. The van der Waals surface area contributed by atoms with Gasteiger partial charge in [-0.25, -0.2) is 0 Å². The minimum atomic E-state index is -1.00. The molecular formula is C22H22N2O6. The van der Waals surface area contributed by atoms with Crippen molar-refractivity contribution in [1.29, 1.82) is 0 Å². The van der Waals surface area contributed by atoms with E-state index in [1.807, 2.05) is 18.2 Å². The number of hydrogen-bond acceptors (Lipinski definition) is 6. The third-order valence-corrected chi connectivity index (χ3v) is 5.44. The van der Waals surface area contributed by atoms with Gasteiger partial charge in [0.05, 0.1) is 11.4 Å². The highest BCUT2D eigenvalue weighted by Gasteiger charge is 2.29. The lowest BCUT2D eigenvalue weighted by atomic mass is 9.90. The second kappa shape index (κ2) is 7.79. The molecule has 30 heavy (non-hydrogen) atoms. The fourth-order valence-corrected chi connectivity index (χ4v) is 4.19. The van der Waals surface area contributed by atoms with Crippen LogP contribution in [0.2, 0.25) is 0 Å². The Morgan fingerprint density at radius 3 is 2.87 bits per heavy atom. The first-order chi connectivity index (χ1) is 14.4. The second-order valence-corrected chi connectivity index (χ2v) is 7.46. The van der Waals surface area contributed by atoms with Crippen LogP contribution in [0.4, 0.5) is 0 Å². The van der Waals surface area contributed by atoms with Crippen LogP contribution in [0, 0.1) is 0 Å². The number of carbonyl (C=O) groups excluding carboxylic acids is 1. The number of methoxy groups -OCH3 is 1. The van der Waals surface area contributed by atoms with Crippen molar-refractivity contribution in [2.24, 2.45) is 5.73 Å². The summed E-state index contributed by atoms with van der Waals surface area (Å²) in [7, 11) is 1.44. The van der Waals surface area contributed by atoms with E-state index in [2.05, 4.69) is 0 Å². The summed E-state index contributed by atoms with van der Waals surface area (Å²) in [6, 6.07) is 8.62. The van der Waals surface area contributed by atoms with Crippen molar-refractivity contribution in [3.05, 3.63) is 73.6 Å². The summed E-state index contributed by atoms with van der Waals surface area (Å²) in [6.45, 7) is 0.542. The number of aromatic nitrogens is 1. The minimum Gasteiger partial charge on any atom is -0.502 e. The van der Waals surface area contributed by atoms with Crippen molar-refractivity contribution in [2.45, 2.75) is 38.3 Å². The Morgan fingerprint density at radius 2 is 2.13 bits per heavy atom. The van der Waals surface area contributed by atoms with Gasteiger partial charge in [-0.05, 0) is 29.9 Å². The van der Waals surface area contributed by atoms with Crippen molar-refractivity contribution < 1.29 is 19.1 Å². The maximum atomic E-state index is 13.4. The first kappa shape index (κ1) is 19.9. The van der Waals surface area contributed by atoms with Gasteiger partial charge < -0.3 is 24.6 Å². The molecule has 0 fully saturated rings. The van der Waals surface area contributed by atoms with Crippen LogP contribution < -0.4 is 16.7 Å². The summed E-state index contributed by atoms with van der Waals surface area (Å²) in [5.41, 5.74) is 6.68. The van der Waals surface area contributed by atoms with Crippen LogP contribution in [0.3, 0.4) is 0 Å². The molecule has 2 aromatic heterocycles. The molecule has 0 saturated carbocycles. The summed E-state index contributed by atoms with van der Waals surface area (Å²) in [4.78, 5) is 37.5. The number of benzene rings is 1. The molecule has 1 aromatic carbocycles. The number of aromatic hydroxyl groups is 1. The van der Waals surface area contributed by atoms with Crippen molar-refractivity contribution in [3.8, 4) is 5.75 Å². The fraction of sp³-hybridized carbons (Fsp3) is 0.318. The third-order valence-electron chi connectivity index (χ3n) is 5.44. The van der Waals surface area contributed by atoms with Crippen molar-refractivity contribution >= 4 is 16.8 Å². The Hall–Kier alpha value is -3.39. The Bertz CT molecular complexity index is 1260. The van der Waals surface area contributed by atoms with Crippen LogP contribution in [-0.4, -0.2) is 22.7 Å². The number of aryl methyl sites for hydroxylation is 2. The molecule has 4 rings (SSSR count). The summed E-state index contributed by atoms with van der Waals surface area (Å²) < 4.78 is 12.4. The lowest BCUT2D eigenvalue weighted by molar-refractivity contribution is -0.118. The van der Waals surface area contributed by atoms with Gasteiger partial charge in [0.25, 0.3) is 5.56 Å². The predicted molar refractivity (Wildman–Crippen MR) is 110 cm³/mol. The number of primary amides is 1. The Labute approximate surface area is 171 Å². The molecule has 3 aromatic rings. The Kier molecular flexibility index (Phi) is 5.17. The van der Waals surface area contributed by atoms with Crippen molar-refractivity contribution in [2.75, 3.05) is 7.11 Å². The van der Waals surface area contributed by atoms with Crippen molar-refractivity contribution in [1.82, 2.24) is 4.57 Å². The molecule has 1 atom stereocenters. The average Bonchev–Trinajstić information content (AvgIpc) is 2.72. The summed E-state index contributed by atoms with van der Waals surface area (Å²) >= 11 is 0. The van der Waals surface area contributed by atoms with E-state index >= 15 is 0 Å². The van der Waals surface area contributed by atoms with Crippen LogP contribution in [0.15, 0.2) is 44.3 Å². The molecule has 1 aliphatic rings.